The van der Waals surface area contributed by atoms with E-state index in [0.717, 1.165) is 24.3 Å². The summed E-state index contributed by atoms with van der Waals surface area (Å²) < 4.78 is 0. The van der Waals surface area contributed by atoms with Crippen LogP contribution in [-0.2, 0) is 4.79 Å². The molecule has 114 valence electrons. The molecule has 1 aromatic carbocycles. The van der Waals surface area contributed by atoms with Gasteiger partial charge in [0.2, 0.25) is 5.91 Å². The van der Waals surface area contributed by atoms with Gasteiger partial charge in [0.05, 0.1) is 5.92 Å². The summed E-state index contributed by atoms with van der Waals surface area (Å²) in [6.45, 7) is 1.55. The summed E-state index contributed by atoms with van der Waals surface area (Å²) in [6.07, 6.45) is 3.66. The third kappa shape index (κ3) is 2.42. The maximum Gasteiger partial charge on any atom is 0.231 e. The molecule has 4 nitrogen and oxygen atoms in total. The molecule has 1 N–H and O–H groups in total. The largest absolute Gasteiger partial charge is 0.384 e. The maximum absolute atomic E-state index is 12.8. The third-order valence-electron chi connectivity index (χ3n) is 5.27. The van der Waals surface area contributed by atoms with Gasteiger partial charge < -0.3 is 15.1 Å². The highest BCUT2D eigenvalue weighted by molar-refractivity contribution is 5.88. The predicted molar refractivity (Wildman–Crippen MR) is 85.6 cm³/mol. The summed E-state index contributed by atoms with van der Waals surface area (Å²) in [6, 6.07) is 8.14. The predicted octanol–water partition coefficient (Wildman–Crippen LogP) is 2.14. The minimum Gasteiger partial charge on any atom is -0.384 e. The second-order valence-corrected chi connectivity index (χ2v) is 6.69. The lowest BCUT2D eigenvalue weighted by Gasteiger charge is -2.49. The Labute approximate surface area is 127 Å². The van der Waals surface area contributed by atoms with Crippen molar-refractivity contribution in [3.63, 3.8) is 0 Å². The van der Waals surface area contributed by atoms with Crippen molar-refractivity contribution in [1.29, 1.82) is 0 Å². The van der Waals surface area contributed by atoms with Crippen LogP contribution in [0.2, 0.25) is 0 Å². The third-order valence-corrected chi connectivity index (χ3v) is 5.27. The average Bonchev–Trinajstić information content (AvgIpc) is 2.85. The van der Waals surface area contributed by atoms with Gasteiger partial charge in [0.25, 0.3) is 0 Å². The molecule has 21 heavy (non-hydrogen) atoms. The van der Waals surface area contributed by atoms with Crippen LogP contribution in [0.3, 0.4) is 0 Å². The van der Waals surface area contributed by atoms with E-state index in [0.29, 0.717) is 0 Å². The van der Waals surface area contributed by atoms with Crippen LogP contribution in [0.5, 0.6) is 0 Å². The number of carbonyl (C=O) groups is 1. The van der Waals surface area contributed by atoms with Crippen LogP contribution in [-0.4, -0.2) is 55.5 Å². The number of nitrogens with one attached hydrogen (secondary N) is 1. The van der Waals surface area contributed by atoms with Gasteiger partial charge in [0.1, 0.15) is 0 Å². The standard InChI is InChI=1S/C17H25N3O/c1-19(2)17(9-6-10-17)12-20(3)16(21)14-11-18-15-8-5-4-7-13(14)15/h4-5,7-8,14,18H,6,9-12H2,1-3H3. The first kappa shape index (κ1) is 14.4. The summed E-state index contributed by atoms with van der Waals surface area (Å²) in [5.74, 6) is 0.200. The molecule has 1 atom stereocenters. The summed E-state index contributed by atoms with van der Waals surface area (Å²) in [4.78, 5) is 17.0. The van der Waals surface area contributed by atoms with E-state index in [-0.39, 0.29) is 17.4 Å². The van der Waals surface area contributed by atoms with Gasteiger partial charge in [0, 0.05) is 31.4 Å². The van der Waals surface area contributed by atoms with Gasteiger partial charge in [0.15, 0.2) is 0 Å². The van der Waals surface area contributed by atoms with Crippen molar-refractivity contribution >= 4 is 11.6 Å². The molecule has 1 amide bonds. The number of anilines is 1. The zero-order valence-corrected chi connectivity index (χ0v) is 13.2. The van der Waals surface area contributed by atoms with Crippen LogP contribution < -0.4 is 5.32 Å². The molecular weight excluding hydrogens is 262 g/mol. The number of nitrogens with zero attached hydrogens (tertiary/aromatic N) is 2. The van der Waals surface area contributed by atoms with Crippen molar-refractivity contribution in [2.75, 3.05) is 39.5 Å². The van der Waals surface area contributed by atoms with E-state index in [1.165, 1.54) is 19.3 Å². The summed E-state index contributed by atoms with van der Waals surface area (Å²) in [5, 5.41) is 3.34. The molecule has 4 heteroatoms. The van der Waals surface area contributed by atoms with Crippen molar-refractivity contribution in [2.45, 2.75) is 30.7 Å². The lowest BCUT2D eigenvalue weighted by atomic mass is 9.75. The molecule has 0 aromatic heterocycles. The number of para-hydroxylation sites is 1. The first-order valence-corrected chi connectivity index (χ1v) is 7.79. The van der Waals surface area contributed by atoms with E-state index in [1.807, 2.05) is 24.1 Å². The molecule has 1 fully saturated rings. The van der Waals surface area contributed by atoms with E-state index in [4.69, 9.17) is 0 Å². The van der Waals surface area contributed by atoms with Gasteiger partial charge in [-0.05, 0) is 45.0 Å². The molecule has 0 radical (unpaired) electrons. The SMILES string of the molecule is CN(CC1(N(C)C)CCC1)C(=O)C1CNc2ccccc21. The van der Waals surface area contributed by atoms with E-state index in [2.05, 4.69) is 36.4 Å². The number of fused-ring (bicyclic) bond motifs is 1. The second-order valence-electron chi connectivity index (χ2n) is 6.69. The van der Waals surface area contributed by atoms with Crippen LogP contribution in [0.4, 0.5) is 5.69 Å². The van der Waals surface area contributed by atoms with E-state index in [9.17, 15) is 4.79 Å². The Balaban J connectivity index is 1.71. The van der Waals surface area contributed by atoms with Gasteiger partial charge in [-0.1, -0.05) is 18.2 Å². The van der Waals surface area contributed by atoms with Gasteiger partial charge in [-0.2, -0.15) is 0 Å². The monoisotopic (exact) mass is 287 g/mol. The van der Waals surface area contributed by atoms with Gasteiger partial charge >= 0.3 is 0 Å². The van der Waals surface area contributed by atoms with Crippen LogP contribution in [0.1, 0.15) is 30.7 Å². The molecule has 1 unspecified atom stereocenters. The Hall–Kier alpha value is -1.55. The fraction of sp³-hybridized carbons (Fsp3) is 0.588. The summed E-state index contributed by atoms with van der Waals surface area (Å²) >= 11 is 0. The molecule has 1 heterocycles. The minimum absolute atomic E-state index is 0.0366. The molecule has 2 aliphatic rings. The molecule has 1 aromatic rings. The van der Waals surface area contributed by atoms with Crippen LogP contribution >= 0.6 is 0 Å². The highest BCUT2D eigenvalue weighted by Gasteiger charge is 2.42. The van der Waals surface area contributed by atoms with Crippen molar-refractivity contribution in [1.82, 2.24) is 9.80 Å². The highest BCUT2D eigenvalue weighted by Crippen LogP contribution is 2.38. The van der Waals surface area contributed by atoms with Crippen molar-refractivity contribution in [3.8, 4) is 0 Å². The Morgan fingerprint density at radius 1 is 1.29 bits per heavy atom. The molecule has 0 spiro atoms. The molecule has 1 saturated carbocycles. The average molecular weight is 287 g/mol. The Morgan fingerprint density at radius 3 is 2.62 bits per heavy atom. The molecule has 0 bridgehead atoms. The Kier molecular flexibility index (Phi) is 3.66. The van der Waals surface area contributed by atoms with E-state index in [1.54, 1.807) is 0 Å². The maximum atomic E-state index is 12.8. The Bertz CT molecular complexity index is 537. The minimum atomic E-state index is -0.0366. The lowest BCUT2D eigenvalue weighted by molar-refractivity contribution is -0.133. The van der Waals surface area contributed by atoms with Gasteiger partial charge in [-0.3, -0.25) is 4.79 Å². The quantitative estimate of drug-likeness (QED) is 0.921. The lowest BCUT2D eigenvalue weighted by Crippen LogP contribution is -2.57. The van der Waals surface area contributed by atoms with Gasteiger partial charge in [-0.15, -0.1) is 0 Å². The smallest absolute Gasteiger partial charge is 0.231 e. The topological polar surface area (TPSA) is 35.6 Å². The second kappa shape index (κ2) is 5.34. The number of amides is 1. The van der Waals surface area contributed by atoms with E-state index < -0.39 is 0 Å². The molecular formula is C17H25N3O. The van der Waals surface area contributed by atoms with Crippen molar-refractivity contribution in [3.05, 3.63) is 29.8 Å². The molecule has 1 aliphatic carbocycles. The highest BCUT2D eigenvalue weighted by atomic mass is 16.2. The van der Waals surface area contributed by atoms with Crippen molar-refractivity contribution in [2.24, 2.45) is 0 Å². The van der Waals surface area contributed by atoms with E-state index >= 15 is 0 Å². The first-order chi connectivity index (χ1) is 10.0. The molecule has 0 saturated heterocycles. The number of carbonyl (C=O) groups excluding carboxylic acids is 1. The number of hydrogen-bond donors (Lipinski definition) is 1. The summed E-state index contributed by atoms with van der Waals surface area (Å²) in [5.41, 5.74) is 2.44. The Morgan fingerprint density at radius 2 is 2.00 bits per heavy atom. The zero-order valence-electron chi connectivity index (χ0n) is 13.2. The summed E-state index contributed by atoms with van der Waals surface area (Å²) in [7, 11) is 6.21. The molecule has 1 aliphatic heterocycles. The van der Waals surface area contributed by atoms with Crippen molar-refractivity contribution < 1.29 is 4.79 Å². The number of benzene rings is 1. The first-order valence-electron chi connectivity index (χ1n) is 7.79. The van der Waals surface area contributed by atoms with Crippen LogP contribution in [0, 0.1) is 0 Å². The number of hydrogen-bond acceptors (Lipinski definition) is 3. The fourth-order valence-electron chi connectivity index (χ4n) is 3.62. The molecule has 3 rings (SSSR count). The zero-order chi connectivity index (χ0) is 15.0. The fourth-order valence-corrected chi connectivity index (χ4v) is 3.62. The van der Waals surface area contributed by atoms with Crippen LogP contribution in [0.25, 0.3) is 0 Å². The van der Waals surface area contributed by atoms with Gasteiger partial charge in [-0.25, -0.2) is 0 Å². The number of rotatable bonds is 4. The normalized spacial score (nSPS) is 22.4. The van der Waals surface area contributed by atoms with Crippen LogP contribution in [0.15, 0.2) is 24.3 Å². The number of likely N-dealkylation sites (N-methyl/N-ethyl adjacent to an activating group) is 2.